The monoisotopic (exact) mass is 371 g/mol. The molecular formula is C23H21N3O2. The number of nitrogens with one attached hydrogen (secondary N) is 1. The summed E-state index contributed by atoms with van der Waals surface area (Å²) in [5.74, 6) is 0.610. The van der Waals surface area contributed by atoms with Crippen LogP contribution in [0, 0.1) is 6.92 Å². The van der Waals surface area contributed by atoms with Crippen molar-refractivity contribution in [2.75, 3.05) is 17.7 Å². The molecule has 1 heterocycles. The van der Waals surface area contributed by atoms with Crippen molar-refractivity contribution < 1.29 is 9.53 Å². The number of hydrogen-bond donors (Lipinski definition) is 2. The Morgan fingerprint density at radius 1 is 1.00 bits per heavy atom. The zero-order valence-electron chi connectivity index (χ0n) is 15.8. The Morgan fingerprint density at radius 3 is 2.54 bits per heavy atom. The second-order valence-corrected chi connectivity index (χ2v) is 6.69. The molecule has 5 heteroatoms. The third-order valence-corrected chi connectivity index (χ3v) is 4.67. The van der Waals surface area contributed by atoms with Crippen LogP contribution >= 0.6 is 0 Å². The van der Waals surface area contributed by atoms with Gasteiger partial charge in [-0.3, -0.25) is 4.79 Å². The van der Waals surface area contributed by atoms with E-state index in [9.17, 15) is 4.79 Å². The van der Waals surface area contributed by atoms with E-state index in [1.54, 1.807) is 0 Å². The normalized spacial score (nSPS) is 10.9. The van der Waals surface area contributed by atoms with Crippen molar-refractivity contribution >= 4 is 39.1 Å². The topological polar surface area (TPSA) is 77.2 Å². The summed E-state index contributed by atoms with van der Waals surface area (Å²) in [6.07, 6.45) is 0. The number of aryl methyl sites for hydroxylation is 1. The van der Waals surface area contributed by atoms with Gasteiger partial charge < -0.3 is 15.8 Å². The van der Waals surface area contributed by atoms with Gasteiger partial charge in [-0.1, -0.05) is 17.7 Å². The van der Waals surface area contributed by atoms with Crippen molar-refractivity contribution in [3.63, 3.8) is 0 Å². The average molecular weight is 371 g/mol. The molecule has 0 saturated carbocycles. The van der Waals surface area contributed by atoms with Crippen LogP contribution < -0.4 is 15.8 Å². The summed E-state index contributed by atoms with van der Waals surface area (Å²) in [6.45, 7) is 4.53. The van der Waals surface area contributed by atoms with Gasteiger partial charge in [-0.25, -0.2) is 4.98 Å². The summed E-state index contributed by atoms with van der Waals surface area (Å²) in [5, 5.41) is 4.62. The number of nitrogens with two attached hydrogens (primary N) is 1. The van der Waals surface area contributed by atoms with E-state index in [1.165, 1.54) is 0 Å². The maximum Gasteiger partial charge on any atom is 0.255 e. The Morgan fingerprint density at radius 2 is 1.79 bits per heavy atom. The van der Waals surface area contributed by atoms with Crippen LogP contribution in [-0.4, -0.2) is 17.5 Å². The minimum atomic E-state index is -0.158. The molecule has 0 atom stereocenters. The molecule has 0 unspecified atom stereocenters. The van der Waals surface area contributed by atoms with E-state index < -0.39 is 0 Å². The van der Waals surface area contributed by atoms with Gasteiger partial charge in [-0.05, 0) is 62.4 Å². The first kappa shape index (κ1) is 17.8. The van der Waals surface area contributed by atoms with Crippen molar-refractivity contribution in [1.29, 1.82) is 0 Å². The van der Waals surface area contributed by atoms with E-state index in [0.29, 0.717) is 23.5 Å². The third-order valence-electron chi connectivity index (χ3n) is 4.67. The lowest BCUT2D eigenvalue weighted by Gasteiger charge is -2.11. The number of carbonyl (C=O) groups excluding carboxylic acids is 1. The predicted molar refractivity (Wildman–Crippen MR) is 114 cm³/mol. The molecular weight excluding hydrogens is 350 g/mol. The number of pyridine rings is 1. The highest BCUT2D eigenvalue weighted by atomic mass is 16.5. The molecule has 140 valence electrons. The number of amides is 1. The Balaban J connectivity index is 1.70. The lowest BCUT2D eigenvalue weighted by molar-refractivity contribution is 0.102. The summed E-state index contributed by atoms with van der Waals surface area (Å²) in [7, 11) is 0. The van der Waals surface area contributed by atoms with E-state index in [4.69, 9.17) is 15.5 Å². The molecule has 0 radical (unpaired) electrons. The third kappa shape index (κ3) is 3.34. The Labute approximate surface area is 163 Å². The van der Waals surface area contributed by atoms with Crippen LogP contribution in [0.1, 0.15) is 22.8 Å². The maximum atomic E-state index is 12.5. The number of aromatic nitrogens is 1. The van der Waals surface area contributed by atoms with Gasteiger partial charge >= 0.3 is 0 Å². The van der Waals surface area contributed by atoms with Gasteiger partial charge in [0.2, 0.25) is 0 Å². The molecule has 0 bridgehead atoms. The second-order valence-electron chi connectivity index (χ2n) is 6.69. The van der Waals surface area contributed by atoms with Crippen molar-refractivity contribution in [1.82, 2.24) is 4.98 Å². The quantitative estimate of drug-likeness (QED) is 0.499. The van der Waals surface area contributed by atoms with Gasteiger partial charge in [0.15, 0.2) is 0 Å². The van der Waals surface area contributed by atoms with E-state index in [-0.39, 0.29) is 5.91 Å². The molecule has 0 aliphatic rings. The fraction of sp³-hybridized carbons (Fsp3) is 0.130. The Hall–Kier alpha value is -3.60. The molecule has 1 amide bonds. The fourth-order valence-electron chi connectivity index (χ4n) is 3.20. The summed E-state index contributed by atoms with van der Waals surface area (Å²) in [4.78, 5) is 17.2. The van der Waals surface area contributed by atoms with Crippen LogP contribution in [0.2, 0.25) is 0 Å². The van der Waals surface area contributed by atoms with Gasteiger partial charge in [0.25, 0.3) is 5.91 Å². The Kier molecular flexibility index (Phi) is 4.57. The Bertz CT molecular complexity index is 1180. The molecule has 5 nitrogen and oxygen atoms in total. The molecule has 4 aromatic rings. The first-order valence-electron chi connectivity index (χ1n) is 9.19. The SMILES string of the molecule is CCOc1ccc2nc3cc(NC(=O)c4ccc(C)cc4)ccc3c(N)c2c1. The van der Waals surface area contributed by atoms with Crippen LogP contribution in [0.3, 0.4) is 0 Å². The number of nitrogens with zero attached hydrogens (tertiary/aromatic N) is 1. The molecule has 0 spiro atoms. The standard InChI is InChI=1S/C23H21N3O2/c1-3-28-17-9-11-20-19(13-17)22(24)18-10-8-16(12-21(18)26-20)25-23(27)15-6-4-14(2)5-7-15/h4-13H,3H2,1-2H3,(H2,24,26)(H,25,27). The van der Waals surface area contributed by atoms with Gasteiger partial charge in [0, 0.05) is 22.0 Å². The van der Waals surface area contributed by atoms with Crippen LogP contribution in [0.4, 0.5) is 11.4 Å². The number of nitrogen functional groups attached to an aromatic ring is 1. The van der Waals surface area contributed by atoms with E-state index in [2.05, 4.69) is 5.32 Å². The molecule has 3 aromatic carbocycles. The van der Waals surface area contributed by atoms with Crippen LogP contribution in [0.25, 0.3) is 21.8 Å². The summed E-state index contributed by atoms with van der Waals surface area (Å²) >= 11 is 0. The van der Waals surface area contributed by atoms with Crippen LogP contribution in [-0.2, 0) is 0 Å². The van der Waals surface area contributed by atoms with Crippen LogP contribution in [0.5, 0.6) is 5.75 Å². The summed E-state index contributed by atoms with van der Waals surface area (Å²) in [5.41, 5.74) is 11.0. The highest BCUT2D eigenvalue weighted by molar-refractivity contribution is 6.09. The van der Waals surface area contributed by atoms with Crippen molar-refractivity contribution in [3.8, 4) is 5.75 Å². The van der Waals surface area contributed by atoms with Crippen LogP contribution in [0.15, 0.2) is 60.7 Å². The lowest BCUT2D eigenvalue weighted by Crippen LogP contribution is -2.11. The number of ether oxygens (including phenoxy) is 1. The first-order chi connectivity index (χ1) is 13.5. The number of hydrogen-bond acceptors (Lipinski definition) is 4. The van der Waals surface area contributed by atoms with Gasteiger partial charge in [-0.15, -0.1) is 0 Å². The molecule has 0 aliphatic carbocycles. The average Bonchev–Trinajstić information content (AvgIpc) is 2.69. The van der Waals surface area contributed by atoms with Crippen molar-refractivity contribution in [2.45, 2.75) is 13.8 Å². The van der Waals surface area contributed by atoms with E-state index in [0.717, 1.165) is 33.1 Å². The zero-order chi connectivity index (χ0) is 19.7. The fourth-order valence-corrected chi connectivity index (χ4v) is 3.20. The highest BCUT2D eigenvalue weighted by Crippen LogP contribution is 2.32. The predicted octanol–water partition coefficient (Wildman–Crippen LogP) is 4.93. The molecule has 0 aliphatic heterocycles. The van der Waals surface area contributed by atoms with E-state index >= 15 is 0 Å². The number of fused-ring (bicyclic) bond motifs is 2. The number of rotatable bonds is 4. The lowest BCUT2D eigenvalue weighted by atomic mass is 10.1. The zero-order valence-corrected chi connectivity index (χ0v) is 15.8. The molecule has 28 heavy (non-hydrogen) atoms. The second kappa shape index (κ2) is 7.19. The molecule has 0 saturated heterocycles. The van der Waals surface area contributed by atoms with Gasteiger partial charge in [-0.2, -0.15) is 0 Å². The number of anilines is 2. The molecule has 1 aromatic heterocycles. The first-order valence-corrected chi connectivity index (χ1v) is 9.19. The number of benzene rings is 3. The van der Waals surface area contributed by atoms with Gasteiger partial charge in [0.05, 0.1) is 23.3 Å². The maximum absolute atomic E-state index is 12.5. The molecule has 0 fully saturated rings. The van der Waals surface area contributed by atoms with Crippen molar-refractivity contribution in [3.05, 3.63) is 71.8 Å². The molecule has 4 rings (SSSR count). The van der Waals surface area contributed by atoms with E-state index in [1.807, 2.05) is 74.5 Å². The molecule has 3 N–H and O–H groups in total. The summed E-state index contributed by atoms with van der Waals surface area (Å²) < 4.78 is 5.56. The highest BCUT2D eigenvalue weighted by Gasteiger charge is 2.10. The van der Waals surface area contributed by atoms with Crippen molar-refractivity contribution in [2.24, 2.45) is 0 Å². The van der Waals surface area contributed by atoms with Gasteiger partial charge in [0.1, 0.15) is 5.75 Å². The smallest absolute Gasteiger partial charge is 0.255 e. The summed E-state index contributed by atoms with van der Waals surface area (Å²) in [6, 6.07) is 18.7. The number of carbonyl (C=O) groups is 1. The largest absolute Gasteiger partial charge is 0.494 e. The minimum absolute atomic E-state index is 0.158. The minimum Gasteiger partial charge on any atom is -0.494 e.